The molecule has 0 aromatic carbocycles. The summed E-state index contributed by atoms with van der Waals surface area (Å²) >= 11 is 0. The molecule has 1 aliphatic rings. The van der Waals surface area contributed by atoms with E-state index in [0.29, 0.717) is 12.0 Å². The standard InChI is InChI=1S/C20H42N4O2.HI/c1-5-24(6-2)13-7-9-18(3)23-20(21-4)22-12-8-14-26-17-19-10-15-25-16-11-19;/h18-19H,5-17H2,1-4H3,(H2,21,22,23);1H. The highest BCUT2D eigenvalue weighted by molar-refractivity contribution is 14.0. The molecule has 1 heterocycles. The fourth-order valence-corrected chi connectivity index (χ4v) is 3.21. The molecule has 162 valence electrons. The van der Waals surface area contributed by atoms with Crippen LogP contribution >= 0.6 is 24.0 Å². The zero-order chi connectivity index (χ0) is 19.0. The van der Waals surface area contributed by atoms with Crippen LogP contribution in [0.2, 0.25) is 0 Å². The van der Waals surface area contributed by atoms with Gasteiger partial charge in [-0.15, -0.1) is 24.0 Å². The second kappa shape index (κ2) is 17.9. The molecule has 0 aromatic rings. The van der Waals surface area contributed by atoms with E-state index < -0.39 is 0 Å². The average Bonchev–Trinajstić information content (AvgIpc) is 2.67. The number of rotatable bonds is 13. The predicted molar refractivity (Wildman–Crippen MR) is 125 cm³/mol. The number of halogens is 1. The first-order chi connectivity index (χ1) is 12.7. The molecule has 1 saturated heterocycles. The van der Waals surface area contributed by atoms with Crippen molar-refractivity contribution >= 4 is 29.9 Å². The van der Waals surface area contributed by atoms with E-state index in [9.17, 15) is 0 Å². The molecule has 0 bridgehead atoms. The van der Waals surface area contributed by atoms with E-state index in [4.69, 9.17) is 9.47 Å². The van der Waals surface area contributed by atoms with Crippen LogP contribution in [0.4, 0.5) is 0 Å². The normalized spacial score (nSPS) is 16.9. The minimum Gasteiger partial charge on any atom is -0.381 e. The van der Waals surface area contributed by atoms with Crippen LogP contribution in [0.15, 0.2) is 4.99 Å². The third kappa shape index (κ3) is 13.7. The number of hydrogen-bond donors (Lipinski definition) is 2. The maximum atomic E-state index is 5.81. The lowest BCUT2D eigenvalue weighted by Gasteiger charge is -2.22. The van der Waals surface area contributed by atoms with Crippen LogP contribution in [0, 0.1) is 5.92 Å². The molecule has 1 fully saturated rings. The smallest absolute Gasteiger partial charge is 0.191 e. The molecule has 0 aliphatic carbocycles. The molecule has 0 amide bonds. The molecule has 1 aliphatic heterocycles. The van der Waals surface area contributed by atoms with Gasteiger partial charge in [-0.1, -0.05) is 13.8 Å². The number of nitrogens with zero attached hydrogens (tertiary/aromatic N) is 2. The zero-order valence-corrected chi connectivity index (χ0v) is 20.3. The topological polar surface area (TPSA) is 58.1 Å². The van der Waals surface area contributed by atoms with Crippen LogP contribution in [-0.2, 0) is 9.47 Å². The van der Waals surface area contributed by atoms with E-state index in [0.717, 1.165) is 77.7 Å². The van der Waals surface area contributed by atoms with Gasteiger partial charge in [-0.2, -0.15) is 0 Å². The molecule has 27 heavy (non-hydrogen) atoms. The fourth-order valence-electron chi connectivity index (χ4n) is 3.21. The van der Waals surface area contributed by atoms with Gasteiger partial charge in [0.25, 0.3) is 0 Å². The van der Waals surface area contributed by atoms with Crippen molar-refractivity contribution in [3.8, 4) is 0 Å². The van der Waals surface area contributed by atoms with Gasteiger partial charge in [0.15, 0.2) is 5.96 Å². The van der Waals surface area contributed by atoms with Crippen molar-refractivity contribution in [1.29, 1.82) is 0 Å². The molecule has 0 saturated carbocycles. The Bertz CT molecular complexity index is 362. The Hall–Kier alpha value is -0.120. The third-order valence-corrected chi connectivity index (χ3v) is 5.06. The monoisotopic (exact) mass is 498 g/mol. The summed E-state index contributed by atoms with van der Waals surface area (Å²) in [6.45, 7) is 14.5. The summed E-state index contributed by atoms with van der Waals surface area (Å²) in [7, 11) is 1.83. The molecule has 1 rings (SSSR count). The van der Waals surface area contributed by atoms with Crippen LogP contribution in [0.5, 0.6) is 0 Å². The highest BCUT2D eigenvalue weighted by Crippen LogP contribution is 2.14. The highest BCUT2D eigenvalue weighted by atomic mass is 127. The lowest BCUT2D eigenvalue weighted by molar-refractivity contribution is 0.0203. The largest absolute Gasteiger partial charge is 0.381 e. The lowest BCUT2D eigenvalue weighted by atomic mass is 10.0. The van der Waals surface area contributed by atoms with Crippen LogP contribution in [0.3, 0.4) is 0 Å². The fraction of sp³-hybridized carbons (Fsp3) is 0.950. The van der Waals surface area contributed by atoms with Crippen molar-refractivity contribution in [3.05, 3.63) is 0 Å². The summed E-state index contributed by atoms with van der Waals surface area (Å²) in [5.41, 5.74) is 0. The van der Waals surface area contributed by atoms with Gasteiger partial charge in [0.05, 0.1) is 0 Å². The average molecular weight is 498 g/mol. The molecule has 0 aromatic heterocycles. The summed E-state index contributed by atoms with van der Waals surface area (Å²) in [6.07, 6.45) is 5.65. The Labute approximate surface area is 184 Å². The first-order valence-electron chi connectivity index (χ1n) is 10.5. The lowest BCUT2D eigenvalue weighted by Crippen LogP contribution is -2.43. The number of nitrogens with one attached hydrogen (secondary N) is 2. The van der Waals surface area contributed by atoms with Gasteiger partial charge in [0.1, 0.15) is 0 Å². The summed E-state index contributed by atoms with van der Waals surface area (Å²) in [4.78, 5) is 6.80. The summed E-state index contributed by atoms with van der Waals surface area (Å²) in [5, 5.41) is 6.87. The van der Waals surface area contributed by atoms with Gasteiger partial charge in [-0.3, -0.25) is 4.99 Å². The van der Waals surface area contributed by atoms with Crippen molar-refractivity contribution in [2.75, 3.05) is 59.7 Å². The van der Waals surface area contributed by atoms with Crippen LogP contribution in [0.25, 0.3) is 0 Å². The summed E-state index contributed by atoms with van der Waals surface area (Å²) < 4.78 is 11.2. The minimum atomic E-state index is 0. The molecule has 1 atom stereocenters. The van der Waals surface area contributed by atoms with Gasteiger partial charge in [-0.25, -0.2) is 0 Å². The van der Waals surface area contributed by atoms with Crippen molar-refractivity contribution in [2.24, 2.45) is 10.9 Å². The van der Waals surface area contributed by atoms with Crippen molar-refractivity contribution in [1.82, 2.24) is 15.5 Å². The first-order valence-corrected chi connectivity index (χ1v) is 10.5. The predicted octanol–water partition coefficient (Wildman–Crippen LogP) is 3.11. The molecule has 6 nitrogen and oxygen atoms in total. The Morgan fingerprint density at radius 3 is 2.56 bits per heavy atom. The SMILES string of the molecule is CCN(CC)CCCC(C)NC(=NC)NCCCOCC1CCOCC1.I. The third-order valence-electron chi connectivity index (χ3n) is 5.06. The first kappa shape index (κ1) is 26.9. The van der Waals surface area contributed by atoms with Crippen LogP contribution < -0.4 is 10.6 Å². The maximum Gasteiger partial charge on any atom is 0.191 e. The van der Waals surface area contributed by atoms with Crippen LogP contribution in [-0.4, -0.2) is 76.6 Å². The maximum absolute atomic E-state index is 5.81. The van der Waals surface area contributed by atoms with Gasteiger partial charge in [-0.05, 0) is 64.6 Å². The molecule has 0 radical (unpaired) electrons. The molecular formula is C20H43IN4O2. The van der Waals surface area contributed by atoms with E-state index in [-0.39, 0.29) is 24.0 Å². The molecule has 1 unspecified atom stereocenters. The number of hydrogen-bond acceptors (Lipinski definition) is 4. The quantitative estimate of drug-likeness (QED) is 0.177. The minimum absolute atomic E-state index is 0. The Morgan fingerprint density at radius 1 is 1.22 bits per heavy atom. The van der Waals surface area contributed by atoms with E-state index >= 15 is 0 Å². The summed E-state index contributed by atoms with van der Waals surface area (Å²) in [6, 6.07) is 0.432. The molecule has 2 N–H and O–H groups in total. The Kier molecular flexibility index (Phi) is 17.9. The van der Waals surface area contributed by atoms with Crippen LogP contribution in [0.1, 0.15) is 52.9 Å². The zero-order valence-electron chi connectivity index (χ0n) is 18.0. The second-order valence-corrected chi connectivity index (χ2v) is 7.20. The van der Waals surface area contributed by atoms with Crippen molar-refractivity contribution in [2.45, 2.75) is 58.9 Å². The van der Waals surface area contributed by atoms with E-state index in [1.807, 2.05) is 7.05 Å². The summed E-state index contributed by atoms with van der Waals surface area (Å²) in [5.74, 6) is 1.58. The Morgan fingerprint density at radius 2 is 1.93 bits per heavy atom. The molecular weight excluding hydrogens is 455 g/mol. The molecule has 7 heteroatoms. The van der Waals surface area contributed by atoms with Crippen molar-refractivity contribution < 1.29 is 9.47 Å². The number of guanidine groups is 1. The number of ether oxygens (including phenoxy) is 2. The molecule has 0 spiro atoms. The van der Waals surface area contributed by atoms with E-state index in [2.05, 4.69) is 41.3 Å². The van der Waals surface area contributed by atoms with Gasteiger partial charge < -0.3 is 25.0 Å². The highest BCUT2D eigenvalue weighted by Gasteiger charge is 2.13. The van der Waals surface area contributed by atoms with Gasteiger partial charge >= 0.3 is 0 Å². The van der Waals surface area contributed by atoms with Gasteiger partial charge in [0, 0.05) is 46.1 Å². The van der Waals surface area contributed by atoms with Crippen molar-refractivity contribution in [3.63, 3.8) is 0 Å². The van der Waals surface area contributed by atoms with E-state index in [1.54, 1.807) is 0 Å². The van der Waals surface area contributed by atoms with Gasteiger partial charge in [0.2, 0.25) is 0 Å². The number of aliphatic imine (C=N–C) groups is 1. The van der Waals surface area contributed by atoms with E-state index in [1.165, 1.54) is 13.0 Å². The Balaban J connectivity index is 0.00000676. The second-order valence-electron chi connectivity index (χ2n) is 7.20.